The quantitative estimate of drug-likeness (QED) is 0.598. The molecule has 0 saturated carbocycles. The fourth-order valence-electron chi connectivity index (χ4n) is 1.64. The van der Waals surface area contributed by atoms with Gasteiger partial charge in [0.25, 0.3) is 0 Å². The van der Waals surface area contributed by atoms with Gasteiger partial charge in [-0.25, -0.2) is 15.8 Å². The molecule has 1 aromatic heterocycles. The number of rotatable bonds is 4. The van der Waals surface area contributed by atoms with Crippen molar-refractivity contribution in [2.45, 2.75) is 13.3 Å². The van der Waals surface area contributed by atoms with Gasteiger partial charge in [-0.3, -0.25) is 0 Å². The van der Waals surface area contributed by atoms with Crippen LogP contribution in [0.5, 0.6) is 0 Å². The number of aromatic nitrogens is 2. The summed E-state index contributed by atoms with van der Waals surface area (Å²) in [6.45, 7) is 2.11. The normalized spacial score (nSPS) is 10.2. The molecule has 0 radical (unpaired) electrons. The fourth-order valence-corrected chi connectivity index (χ4v) is 2.05. The van der Waals surface area contributed by atoms with Crippen LogP contribution in [0.15, 0.2) is 35.1 Å². The second-order valence-electron chi connectivity index (χ2n) is 3.66. The zero-order chi connectivity index (χ0) is 13.0. The molecule has 0 fully saturated rings. The van der Waals surface area contributed by atoms with Gasteiger partial charge in [0.15, 0.2) is 5.82 Å². The second-order valence-corrected chi connectivity index (χ2v) is 4.46. The minimum Gasteiger partial charge on any atom is -0.339 e. The number of hydrazine groups is 1. The summed E-state index contributed by atoms with van der Waals surface area (Å²) in [5, 5.41) is 3.27. The van der Waals surface area contributed by atoms with Crippen molar-refractivity contribution in [1.82, 2.24) is 9.97 Å². The summed E-state index contributed by atoms with van der Waals surface area (Å²) in [5.41, 5.74) is 4.77. The first kappa shape index (κ1) is 12.8. The van der Waals surface area contributed by atoms with Crippen LogP contribution in [-0.4, -0.2) is 9.97 Å². The molecular weight excluding hydrogens is 294 g/mol. The molecule has 1 aromatic carbocycles. The van der Waals surface area contributed by atoms with Gasteiger partial charge < -0.3 is 10.7 Å². The number of para-hydroxylation sites is 1. The number of hydrogen-bond acceptors (Lipinski definition) is 5. The van der Waals surface area contributed by atoms with Gasteiger partial charge >= 0.3 is 0 Å². The van der Waals surface area contributed by atoms with E-state index in [9.17, 15) is 0 Å². The Bertz CT molecular complexity index is 544. The molecule has 0 bridgehead atoms. The van der Waals surface area contributed by atoms with Gasteiger partial charge in [-0.1, -0.05) is 25.1 Å². The van der Waals surface area contributed by atoms with Crippen molar-refractivity contribution in [3.8, 4) is 0 Å². The zero-order valence-corrected chi connectivity index (χ0v) is 11.5. The van der Waals surface area contributed by atoms with E-state index in [-0.39, 0.29) is 0 Å². The summed E-state index contributed by atoms with van der Waals surface area (Å²) in [5.74, 6) is 6.59. The molecule has 2 rings (SSSR count). The van der Waals surface area contributed by atoms with E-state index in [2.05, 4.69) is 49.6 Å². The molecule has 2 aromatic rings. The summed E-state index contributed by atoms with van der Waals surface area (Å²) in [6, 6.07) is 8.10. The fraction of sp³-hybridized carbons (Fsp3) is 0.167. The van der Waals surface area contributed by atoms with Crippen molar-refractivity contribution < 1.29 is 0 Å². The minimum atomic E-state index is 0.543. The first-order chi connectivity index (χ1) is 8.76. The Kier molecular flexibility index (Phi) is 4.11. The maximum Gasteiger partial charge on any atom is 0.159 e. The first-order valence-corrected chi connectivity index (χ1v) is 6.37. The first-order valence-electron chi connectivity index (χ1n) is 5.58. The van der Waals surface area contributed by atoms with Crippen LogP contribution in [0.3, 0.4) is 0 Å². The lowest BCUT2D eigenvalue weighted by Crippen LogP contribution is -2.10. The maximum absolute atomic E-state index is 5.37. The average Bonchev–Trinajstić information content (AvgIpc) is 2.42. The summed E-state index contributed by atoms with van der Waals surface area (Å²) < 4.78 is 0.707. The van der Waals surface area contributed by atoms with Gasteiger partial charge in [0.05, 0.1) is 0 Å². The van der Waals surface area contributed by atoms with E-state index in [1.807, 2.05) is 18.2 Å². The summed E-state index contributed by atoms with van der Waals surface area (Å²) in [7, 11) is 0. The van der Waals surface area contributed by atoms with E-state index in [0.717, 1.165) is 12.1 Å². The standard InChI is InChI=1S/C12H14BrN5/c1-2-8-5-3-4-6-9(8)17-11-10(13)12(18-14)16-7-15-11/h3-7H,2,14H2,1H3,(H2,15,16,17,18). The number of nitrogens with two attached hydrogens (primary N) is 1. The van der Waals surface area contributed by atoms with Crippen LogP contribution in [0, 0.1) is 0 Å². The minimum absolute atomic E-state index is 0.543. The van der Waals surface area contributed by atoms with Crippen LogP contribution in [0.4, 0.5) is 17.3 Å². The van der Waals surface area contributed by atoms with Crippen molar-refractivity contribution >= 4 is 33.3 Å². The van der Waals surface area contributed by atoms with Crippen molar-refractivity contribution in [1.29, 1.82) is 0 Å². The lowest BCUT2D eigenvalue weighted by Gasteiger charge is -2.12. The highest BCUT2D eigenvalue weighted by Crippen LogP contribution is 2.29. The van der Waals surface area contributed by atoms with E-state index in [1.165, 1.54) is 11.9 Å². The number of halogens is 1. The Hall–Kier alpha value is -1.66. The van der Waals surface area contributed by atoms with Crippen LogP contribution in [0.1, 0.15) is 12.5 Å². The highest BCUT2D eigenvalue weighted by molar-refractivity contribution is 9.10. The highest BCUT2D eigenvalue weighted by atomic mass is 79.9. The lowest BCUT2D eigenvalue weighted by atomic mass is 10.1. The Morgan fingerprint density at radius 2 is 1.94 bits per heavy atom. The predicted molar refractivity (Wildman–Crippen MR) is 76.6 cm³/mol. The topological polar surface area (TPSA) is 75.9 Å². The molecule has 1 heterocycles. The Morgan fingerprint density at radius 3 is 2.67 bits per heavy atom. The molecule has 0 amide bonds. The van der Waals surface area contributed by atoms with Gasteiger partial charge in [-0.15, -0.1) is 0 Å². The van der Waals surface area contributed by atoms with E-state index >= 15 is 0 Å². The number of nitrogens with zero attached hydrogens (tertiary/aromatic N) is 2. The molecule has 5 nitrogen and oxygen atoms in total. The molecule has 0 atom stereocenters. The number of hydrogen-bond donors (Lipinski definition) is 3. The highest BCUT2D eigenvalue weighted by Gasteiger charge is 2.09. The van der Waals surface area contributed by atoms with E-state index in [4.69, 9.17) is 5.84 Å². The largest absolute Gasteiger partial charge is 0.339 e. The molecular formula is C12H14BrN5. The Labute approximate surface area is 114 Å². The molecule has 0 aliphatic carbocycles. The van der Waals surface area contributed by atoms with Crippen molar-refractivity contribution in [3.63, 3.8) is 0 Å². The molecule has 94 valence electrons. The number of anilines is 3. The third-order valence-electron chi connectivity index (χ3n) is 2.58. The SMILES string of the molecule is CCc1ccccc1Nc1ncnc(NN)c1Br. The second kappa shape index (κ2) is 5.79. The number of aryl methyl sites for hydroxylation is 1. The Morgan fingerprint density at radius 1 is 1.22 bits per heavy atom. The molecule has 0 saturated heterocycles. The molecule has 0 spiro atoms. The van der Waals surface area contributed by atoms with Gasteiger partial charge in [0.1, 0.15) is 16.6 Å². The van der Waals surface area contributed by atoms with Crippen LogP contribution in [-0.2, 0) is 6.42 Å². The summed E-state index contributed by atoms with van der Waals surface area (Å²) in [4.78, 5) is 8.20. The molecule has 4 N–H and O–H groups in total. The number of benzene rings is 1. The molecule has 18 heavy (non-hydrogen) atoms. The third kappa shape index (κ3) is 2.60. The van der Waals surface area contributed by atoms with Crippen molar-refractivity contribution in [3.05, 3.63) is 40.6 Å². The smallest absolute Gasteiger partial charge is 0.159 e. The van der Waals surface area contributed by atoms with E-state index in [0.29, 0.717) is 16.1 Å². The van der Waals surface area contributed by atoms with Crippen molar-refractivity contribution in [2.24, 2.45) is 5.84 Å². The lowest BCUT2D eigenvalue weighted by molar-refractivity contribution is 1.11. The third-order valence-corrected chi connectivity index (χ3v) is 3.33. The van der Waals surface area contributed by atoms with Gasteiger partial charge in [-0.05, 0) is 34.0 Å². The maximum atomic E-state index is 5.37. The van der Waals surface area contributed by atoms with Gasteiger partial charge in [0.2, 0.25) is 0 Å². The van der Waals surface area contributed by atoms with Crippen LogP contribution in [0.25, 0.3) is 0 Å². The van der Waals surface area contributed by atoms with Crippen LogP contribution >= 0.6 is 15.9 Å². The van der Waals surface area contributed by atoms with Gasteiger partial charge in [-0.2, -0.15) is 0 Å². The Balaban J connectivity index is 2.34. The molecule has 6 heteroatoms. The zero-order valence-electron chi connectivity index (χ0n) is 9.94. The summed E-state index contributed by atoms with van der Waals surface area (Å²) >= 11 is 3.42. The van der Waals surface area contributed by atoms with E-state index in [1.54, 1.807) is 0 Å². The van der Waals surface area contributed by atoms with Crippen molar-refractivity contribution in [2.75, 3.05) is 10.7 Å². The molecule has 0 unspecified atom stereocenters. The summed E-state index contributed by atoms with van der Waals surface area (Å²) in [6.07, 6.45) is 2.41. The molecule has 0 aliphatic heterocycles. The van der Waals surface area contributed by atoms with Gasteiger partial charge in [0, 0.05) is 5.69 Å². The number of nitrogen functional groups attached to an aromatic ring is 1. The van der Waals surface area contributed by atoms with E-state index < -0.39 is 0 Å². The van der Waals surface area contributed by atoms with Crippen LogP contribution in [0.2, 0.25) is 0 Å². The average molecular weight is 308 g/mol. The van der Waals surface area contributed by atoms with Crippen LogP contribution < -0.4 is 16.6 Å². The molecule has 0 aliphatic rings. The monoisotopic (exact) mass is 307 g/mol. The number of nitrogens with one attached hydrogen (secondary N) is 2. The predicted octanol–water partition coefficient (Wildman–Crippen LogP) is 2.83.